The largest absolute Gasteiger partial charge is 0.301 e. The number of aromatic nitrogens is 1. The fourth-order valence-corrected chi connectivity index (χ4v) is 4.58. The van der Waals surface area contributed by atoms with Crippen LogP contribution < -0.4 is 5.32 Å². The quantitative estimate of drug-likeness (QED) is 0.627. The number of hydrogen-bond donors (Lipinski definition) is 1. The Morgan fingerprint density at radius 3 is 2.55 bits per heavy atom. The van der Waals surface area contributed by atoms with Crippen LogP contribution in [-0.4, -0.2) is 35.4 Å². The van der Waals surface area contributed by atoms with Gasteiger partial charge >= 0.3 is 0 Å². The molecule has 2 aromatic carbocycles. The second-order valence-corrected chi connectivity index (χ2v) is 8.72. The van der Waals surface area contributed by atoms with Crippen LogP contribution in [0.1, 0.15) is 24.0 Å². The van der Waals surface area contributed by atoms with Crippen molar-refractivity contribution in [2.75, 3.05) is 25.0 Å². The molecule has 4 rings (SSSR count). The number of hydrogen-bond acceptors (Lipinski definition) is 4. The van der Waals surface area contributed by atoms with Crippen molar-refractivity contribution in [3.05, 3.63) is 71.1 Å². The van der Waals surface area contributed by atoms with E-state index >= 15 is 0 Å². The van der Waals surface area contributed by atoms with Gasteiger partial charge in [0.25, 0.3) is 0 Å². The maximum absolute atomic E-state index is 12.5. The number of carbonyl (C=O) groups is 1. The summed E-state index contributed by atoms with van der Waals surface area (Å²) in [5, 5.41) is 5.63. The lowest BCUT2D eigenvalue weighted by molar-refractivity contribution is -0.117. The summed E-state index contributed by atoms with van der Waals surface area (Å²) in [6.45, 7) is 4.48. The second kappa shape index (κ2) is 9.33. The minimum atomic E-state index is 0.0244. The summed E-state index contributed by atoms with van der Waals surface area (Å²) in [5.74, 6) is 0.740. The third-order valence-corrected chi connectivity index (χ3v) is 6.30. The minimum Gasteiger partial charge on any atom is -0.301 e. The van der Waals surface area contributed by atoms with Gasteiger partial charge in [-0.3, -0.25) is 9.69 Å². The van der Waals surface area contributed by atoms with Crippen molar-refractivity contribution in [3.63, 3.8) is 0 Å². The van der Waals surface area contributed by atoms with Crippen LogP contribution in [0.25, 0.3) is 11.3 Å². The highest BCUT2D eigenvalue weighted by Gasteiger charge is 2.21. The van der Waals surface area contributed by atoms with Crippen LogP contribution >= 0.6 is 11.3 Å². The van der Waals surface area contributed by atoms with E-state index in [4.69, 9.17) is 0 Å². The van der Waals surface area contributed by atoms with E-state index in [-0.39, 0.29) is 5.91 Å². The molecule has 1 amide bonds. The van der Waals surface area contributed by atoms with Crippen molar-refractivity contribution >= 4 is 22.4 Å². The van der Waals surface area contributed by atoms with Gasteiger partial charge in [0.05, 0.1) is 12.2 Å². The van der Waals surface area contributed by atoms with Crippen LogP contribution in [-0.2, 0) is 11.2 Å². The number of aryl methyl sites for hydroxylation is 1. The molecule has 1 aliphatic heterocycles. The maximum atomic E-state index is 12.5. The lowest BCUT2D eigenvalue weighted by atomic mass is 9.90. The Bertz CT molecular complexity index is 928. The molecule has 0 atom stereocenters. The van der Waals surface area contributed by atoms with Gasteiger partial charge < -0.3 is 5.32 Å². The molecule has 0 radical (unpaired) electrons. The highest BCUT2D eigenvalue weighted by Crippen LogP contribution is 2.25. The van der Waals surface area contributed by atoms with E-state index in [1.165, 1.54) is 22.5 Å². The molecule has 0 saturated carbocycles. The van der Waals surface area contributed by atoms with E-state index in [0.29, 0.717) is 17.6 Å². The van der Waals surface area contributed by atoms with Gasteiger partial charge in [0.15, 0.2) is 5.13 Å². The first-order chi connectivity index (χ1) is 14.2. The van der Waals surface area contributed by atoms with Crippen molar-refractivity contribution in [3.8, 4) is 11.3 Å². The fourth-order valence-electron chi connectivity index (χ4n) is 3.85. The molecule has 5 heteroatoms. The number of anilines is 1. The minimum absolute atomic E-state index is 0.0244. The molecule has 2 heterocycles. The van der Waals surface area contributed by atoms with Crippen LogP contribution in [0.4, 0.5) is 5.13 Å². The molecule has 29 heavy (non-hydrogen) atoms. The number of rotatable bonds is 6. The van der Waals surface area contributed by atoms with E-state index in [1.807, 2.05) is 5.38 Å². The molecule has 1 saturated heterocycles. The van der Waals surface area contributed by atoms with Crippen LogP contribution in [0, 0.1) is 12.8 Å². The molecule has 0 aliphatic carbocycles. The highest BCUT2D eigenvalue weighted by atomic mass is 32.1. The van der Waals surface area contributed by atoms with Gasteiger partial charge in [-0.05, 0) is 50.8 Å². The average molecular weight is 406 g/mol. The average Bonchev–Trinajstić information content (AvgIpc) is 3.19. The lowest BCUT2D eigenvalue weighted by Crippen LogP contribution is -2.39. The van der Waals surface area contributed by atoms with E-state index in [2.05, 4.69) is 76.7 Å². The summed E-state index contributed by atoms with van der Waals surface area (Å²) in [6, 6.07) is 19.0. The van der Waals surface area contributed by atoms with Gasteiger partial charge in [0.2, 0.25) is 5.91 Å². The van der Waals surface area contributed by atoms with Crippen molar-refractivity contribution in [1.82, 2.24) is 9.88 Å². The third-order valence-electron chi connectivity index (χ3n) is 5.54. The predicted molar refractivity (Wildman–Crippen MR) is 120 cm³/mol. The Kier molecular flexibility index (Phi) is 6.37. The maximum Gasteiger partial charge on any atom is 0.240 e. The van der Waals surface area contributed by atoms with E-state index in [9.17, 15) is 4.79 Å². The summed E-state index contributed by atoms with van der Waals surface area (Å²) in [6.07, 6.45) is 3.44. The smallest absolute Gasteiger partial charge is 0.240 e. The number of piperidine rings is 1. The van der Waals surface area contributed by atoms with Crippen LogP contribution in [0.2, 0.25) is 0 Å². The molecule has 1 aromatic heterocycles. The Hall–Kier alpha value is -2.50. The number of benzene rings is 2. The SMILES string of the molecule is Cc1ccc(-c2csc(NC(=O)CN3CCC(Cc4ccccc4)CC3)n2)cc1. The van der Waals surface area contributed by atoms with Crippen molar-refractivity contribution < 1.29 is 4.79 Å². The molecule has 0 unspecified atom stereocenters. The predicted octanol–water partition coefficient (Wildman–Crippen LogP) is 5.01. The second-order valence-electron chi connectivity index (χ2n) is 7.86. The Morgan fingerprint density at radius 1 is 1.10 bits per heavy atom. The summed E-state index contributed by atoms with van der Waals surface area (Å²) in [7, 11) is 0. The first-order valence-corrected chi connectivity index (χ1v) is 11.1. The first-order valence-electron chi connectivity index (χ1n) is 10.2. The number of carbonyl (C=O) groups excluding carboxylic acids is 1. The van der Waals surface area contributed by atoms with Gasteiger partial charge in [-0.15, -0.1) is 11.3 Å². The Balaban J connectivity index is 1.24. The van der Waals surface area contributed by atoms with Gasteiger partial charge in [0.1, 0.15) is 0 Å². The number of amides is 1. The molecular formula is C24H27N3OS. The zero-order valence-electron chi connectivity index (χ0n) is 16.8. The number of nitrogens with zero attached hydrogens (tertiary/aromatic N) is 2. The molecule has 1 aliphatic rings. The Labute approximate surface area is 176 Å². The van der Waals surface area contributed by atoms with E-state index in [0.717, 1.165) is 43.6 Å². The topological polar surface area (TPSA) is 45.2 Å². The molecule has 0 bridgehead atoms. The fraction of sp³-hybridized carbons (Fsp3) is 0.333. The molecule has 4 nitrogen and oxygen atoms in total. The monoisotopic (exact) mass is 405 g/mol. The highest BCUT2D eigenvalue weighted by molar-refractivity contribution is 7.14. The number of nitrogens with one attached hydrogen (secondary N) is 1. The standard InChI is InChI=1S/C24H27N3OS/c1-18-7-9-21(10-8-18)22-17-29-24(25-22)26-23(28)16-27-13-11-20(12-14-27)15-19-5-3-2-4-6-19/h2-10,17,20H,11-16H2,1H3,(H,25,26,28). The summed E-state index contributed by atoms with van der Waals surface area (Å²) in [4.78, 5) is 19.3. The molecule has 1 fully saturated rings. The normalized spacial score (nSPS) is 15.3. The van der Waals surface area contributed by atoms with Crippen molar-refractivity contribution in [2.45, 2.75) is 26.2 Å². The molecule has 3 aromatic rings. The van der Waals surface area contributed by atoms with Gasteiger partial charge in [-0.25, -0.2) is 4.98 Å². The lowest BCUT2D eigenvalue weighted by Gasteiger charge is -2.31. The van der Waals surface area contributed by atoms with Crippen LogP contribution in [0.3, 0.4) is 0 Å². The van der Waals surface area contributed by atoms with Crippen molar-refractivity contribution in [2.24, 2.45) is 5.92 Å². The molecular weight excluding hydrogens is 378 g/mol. The van der Waals surface area contributed by atoms with Crippen LogP contribution in [0.15, 0.2) is 60.0 Å². The van der Waals surface area contributed by atoms with E-state index in [1.54, 1.807) is 0 Å². The zero-order valence-corrected chi connectivity index (χ0v) is 17.6. The van der Waals surface area contributed by atoms with Gasteiger partial charge in [0, 0.05) is 10.9 Å². The molecule has 0 spiro atoms. The molecule has 150 valence electrons. The summed E-state index contributed by atoms with van der Waals surface area (Å²) in [5.41, 5.74) is 4.63. The summed E-state index contributed by atoms with van der Waals surface area (Å²) < 4.78 is 0. The molecule has 1 N–H and O–H groups in total. The van der Waals surface area contributed by atoms with Gasteiger partial charge in [-0.1, -0.05) is 60.2 Å². The number of likely N-dealkylation sites (tertiary alicyclic amines) is 1. The zero-order chi connectivity index (χ0) is 20.1. The first kappa shape index (κ1) is 19.8. The number of thiazole rings is 1. The third kappa shape index (κ3) is 5.52. The van der Waals surface area contributed by atoms with Gasteiger partial charge in [-0.2, -0.15) is 0 Å². The van der Waals surface area contributed by atoms with E-state index < -0.39 is 0 Å². The summed E-state index contributed by atoms with van der Waals surface area (Å²) >= 11 is 1.48. The van der Waals surface area contributed by atoms with Crippen molar-refractivity contribution in [1.29, 1.82) is 0 Å². The van der Waals surface area contributed by atoms with Crippen LogP contribution in [0.5, 0.6) is 0 Å². The Morgan fingerprint density at radius 2 is 1.83 bits per heavy atom.